The Balaban J connectivity index is 2.86. The van der Waals surface area contributed by atoms with Gasteiger partial charge in [0.2, 0.25) is 17.1 Å². The Bertz CT molecular complexity index is 478. The third-order valence-electron chi connectivity index (χ3n) is 1.74. The Morgan fingerprint density at radius 3 is 3.15 bits per heavy atom. The molecule has 0 spiro atoms. The Hall–Kier alpha value is -1.62. The Morgan fingerprint density at radius 2 is 2.46 bits per heavy atom. The van der Waals surface area contributed by atoms with Gasteiger partial charge in [-0.1, -0.05) is 4.98 Å². The molecule has 4 N–H and O–H groups in total. The van der Waals surface area contributed by atoms with E-state index in [-0.39, 0.29) is 5.15 Å². The lowest BCUT2D eigenvalue weighted by atomic mass is 10.2. The smallest absolute Gasteiger partial charge is 0.252 e. The van der Waals surface area contributed by atoms with E-state index in [9.17, 15) is 4.79 Å². The second-order valence-corrected chi connectivity index (χ2v) is 2.87. The van der Waals surface area contributed by atoms with Crippen LogP contribution in [-0.2, 0) is 0 Å². The number of fused-ring (bicyclic) bond motifs is 1. The molecule has 0 radical (unpaired) electrons. The highest BCUT2D eigenvalue weighted by molar-refractivity contribution is 6.35. The summed E-state index contributed by atoms with van der Waals surface area (Å²) in [6, 6.07) is 0. The van der Waals surface area contributed by atoms with Crippen molar-refractivity contribution in [2.75, 3.05) is 0 Å². The molecule has 0 aromatic carbocycles. The monoisotopic (exact) mass is 197 g/mol. The Labute approximate surface area is 77.9 Å². The van der Waals surface area contributed by atoms with Gasteiger partial charge in [0, 0.05) is 0 Å². The fourth-order valence-electron chi connectivity index (χ4n) is 1.16. The highest BCUT2D eigenvalue weighted by atomic mass is 35.5. The molecule has 0 aliphatic rings. The summed E-state index contributed by atoms with van der Waals surface area (Å²) in [5.74, 6) is -0.533. The number of aromatic amines is 2. The molecule has 2 rings (SSSR count). The summed E-state index contributed by atoms with van der Waals surface area (Å²) in [6.07, 6.45) is 2.93. The van der Waals surface area contributed by atoms with E-state index in [0.29, 0.717) is 16.6 Å². The summed E-state index contributed by atoms with van der Waals surface area (Å²) < 4.78 is 0. The Morgan fingerprint density at radius 1 is 1.69 bits per heavy atom. The lowest BCUT2D eigenvalue weighted by Crippen LogP contribution is -2.11. The van der Waals surface area contributed by atoms with E-state index < -0.39 is 5.91 Å². The van der Waals surface area contributed by atoms with Crippen molar-refractivity contribution in [3.63, 3.8) is 0 Å². The summed E-state index contributed by atoms with van der Waals surface area (Å²) in [7, 11) is 0. The van der Waals surface area contributed by atoms with Crippen LogP contribution in [0.25, 0.3) is 11.0 Å². The molecule has 0 saturated heterocycles. The third-order valence-corrected chi connectivity index (χ3v) is 2.03. The summed E-state index contributed by atoms with van der Waals surface area (Å²) >= 11 is 5.79. The zero-order valence-corrected chi connectivity index (χ0v) is 7.22. The van der Waals surface area contributed by atoms with Gasteiger partial charge < -0.3 is 5.73 Å². The van der Waals surface area contributed by atoms with Gasteiger partial charge in [-0.25, -0.2) is 4.98 Å². The van der Waals surface area contributed by atoms with E-state index >= 15 is 0 Å². The molecule has 0 saturated carbocycles. The van der Waals surface area contributed by atoms with E-state index in [4.69, 9.17) is 17.3 Å². The number of halogens is 1. The third kappa shape index (κ3) is 1.13. The average molecular weight is 198 g/mol. The summed E-state index contributed by atoms with van der Waals surface area (Å²) in [6.45, 7) is 0. The van der Waals surface area contributed by atoms with E-state index in [1.807, 2.05) is 0 Å². The van der Waals surface area contributed by atoms with Gasteiger partial charge in [-0.15, -0.1) is 0 Å². The first-order chi connectivity index (χ1) is 6.20. The minimum Gasteiger partial charge on any atom is -0.365 e. The molecule has 0 aliphatic carbocycles. The number of amides is 1. The zero-order chi connectivity index (χ0) is 9.42. The van der Waals surface area contributed by atoms with E-state index in [1.54, 1.807) is 0 Å². The number of hydrogen-bond donors (Lipinski definition) is 2. The number of carbonyl (C=O) groups is 1. The molecule has 0 aliphatic heterocycles. The van der Waals surface area contributed by atoms with Crippen LogP contribution in [0, 0.1) is 0 Å². The summed E-state index contributed by atoms with van der Waals surface area (Å²) in [4.78, 5) is 20.4. The van der Waals surface area contributed by atoms with Crippen molar-refractivity contribution < 1.29 is 9.78 Å². The van der Waals surface area contributed by atoms with E-state index in [1.165, 1.54) is 12.5 Å². The number of nitrogens with zero attached hydrogens (tertiary/aromatic N) is 1. The molecule has 6 heteroatoms. The van der Waals surface area contributed by atoms with Crippen LogP contribution in [0.3, 0.4) is 0 Å². The topological polar surface area (TPSA) is 85.9 Å². The van der Waals surface area contributed by atoms with Crippen LogP contribution in [0.15, 0.2) is 12.5 Å². The van der Waals surface area contributed by atoms with Crippen LogP contribution in [0.4, 0.5) is 0 Å². The van der Waals surface area contributed by atoms with E-state index in [2.05, 4.69) is 15.0 Å². The second-order valence-electron chi connectivity index (χ2n) is 2.51. The predicted octanol–water partition coefficient (Wildman–Crippen LogP) is 0.129. The predicted molar refractivity (Wildman–Crippen MR) is 46.2 cm³/mol. The molecule has 2 aromatic heterocycles. The summed E-state index contributed by atoms with van der Waals surface area (Å²) in [5.41, 5.74) is 6.10. The average Bonchev–Trinajstić information content (AvgIpc) is 2.49. The molecular weight excluding hydrogens is 192 g/mol. The van der Waals surface area contributed by atoms with Crippen molar-refractivity contribution in [1.82, 2.24) is 9.97 Å². The Kier molecular flexibility index (Phi) is 1.66. The first kappa shape index (κ1) is 8.00. The summed E-state index contributed by atoms with van der Waals surface area (Å²) in [5, 5.41) is 0.778. The van der Waals surface area contributed by atoms with Gasteiger partial charge in [-0.3, -0.25) is 9.78 Å². The van der Waals surface area contributed by atoms with Crippen molar-refractivity contribution in [3.8, 4) is 0 Å². The SMILES string of the molecule is NC(=O)c1c[nH]c2[nH+]cnc(Cl)c12. The number of nitrogens with one attached hydrogen (secondary N) is 2. The lowest BCUT2D eigenvalue weighted by Gasteiger charge is -1.88. The van der Waals surface area contributed by atoms with Crippen molar-refractivity contribution >= 4 is 28.5 Å². The van der Waals surface area contributed by atoms with Gasteiger partial charge >= 0.3 is 0 Å². The number of carbonyl (C=O) groups excluding carboxylic acids is 1. The first-order valence-electron chi connectivity index (χ1n) is 3.53. The molecule has 0 unspecified atom stereocenters. The maximum atomic E-state index is 10.9. The normalized spacial score (nSPS) is 10.5. The van der Waals surface area contributed by atoms with Gasteiger partial charge in [-0.05, 0) is 11.6 Å². The molecule has 0 bridgehead atoms. The van der Waals surface area contributed by atoms with Crippen LogP contribution < -0.4 is 10.7 Å². The maximum Gasteiger partial charge on any atom is 0.252 e. The minimum atomic E-state index is -0.533. The van der Waals surface area contributed by atoms with Crippen LogP contribution in [0.1, 0.15) is 10.4 Å². The van der Waals surface area contributed by atoms with Crippen molar-refractivity contribution in [3.05, 3.63) is 23.2 Å². The zero-order valence-electron chi connectivity index (χ0n) is 6.47. The molecule has 0 atom stereocenters. The highest BCUT2D eigenvalue weighted by Crippen LogP contribution is 2.20. The van der Waals surface area contributed by atoms with Gasteiger partial charge in [0.05, 0.1) is 11.8 Å². The highest BCUT2D eigenvalue weighted by Gasteiger charge is 2.17. The number of hydrogen-bond acceptors (Lipinski definition) is 2. The molecular formula is C7H6ClN4O+. The van der Waals surface area contributed by atoms with Crippen molar-refractivity contribution in [2.45, 2.75) is 0 Å². The van der Waals surface area contributed by atoms with Crippen LogP contribution in [0.5, 0.6) is 0 Å². The van der Waals surface area contributed by atoms with Crippen LogP contribution >= 0.6 is 11.6 Å². The number of H-pyrrole nitrogens is 2. The van der Waals surface area contributed by atoms with Crippen molar-refractivity contribution in [2.24, 2.45) is 5.73 Å². The number of aromatic nitrogens is 3. The molecule has 1 amide bonds. The fraction of sp³-hybridized carbons (Fsp3) is 0. The minimum absolute atomic E-state index is 0.254. The standard InChI is InChI=1S/C7H5ClN4O/c8-5-4-3(6(9)13)1-10-7(4)12-2-11-5/h1-2H,(H2,9,13)(H,10,11,12)/p+1. The van der Waals surface area contributed by atoms with Crippen LogP contribution in [0.2, 0.25) is 5.15 Å². The molecule has 66 valence electrons. The van der Waals surface area contributed by atoms with Gasteiger partial charge in [0.25, 0.3) is 5.91 Å². The quantitative estimate of drug-likeness (QED) is 0.637. The number of primary amides is 1. The number of rotatable bonds is 1. The lowest BCUT2D eigenvalue weighted by molar-refractivity contribution is -0.352. The maximum absolute atomic E-state index is 10.9. The van der Waals surface area contributed by atoms with Crippen molar-refractivity contribution in [1.29, 1.82) is 0 Å². The van der Waals surface area contributed by atoms with E-state index in [0.717, 1.165) is 0 Å². The molecule has 2 heterocycles. The molecule has 0 fully saturated rings. The largest absolute Gasteiger partial charge is 0.365 e. The molecule has 13 heavy (non-hydrogen) atoms. The van der Waals surface area contributed by atoms with Crippen LogP contribution in [-0.4, -0.2) is 15.9 Å². The first-order valence-corrected chi connectivity index (χ1v) is 3.91. The molecule has 5 nitrogen and oxygen atoms in total. The van der Waals surface area contributed by atoms with Gasteiger partial charge in [-0.2, -0.15) is 0 Å². The van der Waals surface area contributed by atoms with Gasteiger partial charge in [0.1, 0.15) is 5.39 Å². The molecule has 2 aromatic rings. The second kappa shape index (κ2) is 2.70. The number of nitrogens with two attached hydrogens (primary N) is 1. The van der Waals surface area contributed by atoms with Gasteiger partial charge in [0.15, 0.2) is 0 Å². The fourth-order valence-corrected chi connectivity index (χ4v) is 1.41.